The van der Waals surface area contributed by atoms with Gasteiger partial charge in [-0.25, -0.2) is 0 Å². The summed E-state index contributed by atoms with van der Waals surface area (Å²) >= 11 is 0. The molecule has 0 aliphatic heterocycles. The molecule has 0 aliphatic rings. The van der Waals surface area contributed by atoms with Crippen molar-refractivity contribution in [3.05, 3.63) is 18.6 Å². The maximum absolute atomic E-state index is 8.67. The highest BCUT2D eigenvalue weighted by molar-refractivity contribution is 4.64. The van der Waals surface area contributed by atoms with Crippen LogP contribution in [-0.2, 0) is 4.74 Å². The van der Waals surface area contributed by atoms with Gasteiger partial charge in [-0.2, -0.15) is 0 Å². The Labute approximate surface area is 49.1 Å². The molecular weight excluding hydrogens is 104 g/mol. The first-order chi connectivity index (χ1) is 3.81. The zero-order valence-electron chi connectivity index (χ0n) is 4.92. The van der Waals surface area contributed by atoms with E-state index in [-0.39, 0.29) is 0 Å². The van der Waals surface area contributed by atoms with E-state index in [9.17, 15) is 0 Å². The molecule has 1 N–H and O–H groups in total. The van der Waals surface area contributed by atoms with Gasteiger partial charge in [-0.15, -0.1) is 0 Å². The number of aliphatic hydroxyl groups excluding tert-OH is 1. The third kappa shape index (κ3) is 3.47. The summed E-state index contributed by atoms with van der Waals surface area (Å²) in [4.78, 5) is 0. The fraction of sp³-hybridized carbons (Fsp3) is 0.500. The number of rotatable bonds is 3. The minimum absolute atomic E-state index is 0.582. The Balaban J connectivity index is 3.23. The van der Waals surface area contributed by atoms with E-state index in [0.717, 1.165) is 0 Å². The summed E-state index contributed by atoms with van der Waals surface area (Å²) in [6.45, 7) is 5.07. The van der Waals surface area contributed by atoms with Crippen LogP contribution in [0.2, 0.25) is 0 Å². The van der Waals surface area contributed by atoms with Gasteiger partial charge in [-0.1, -0.05) is 19.2 Å². The number of hydrogen-bond donors (Lipinski definition) is 1. The monoisotopic (exact) mass is 114 g/mol. The van der Waals surface area contributed by atoms with Crippen LogP contribution in [0.1, 0.15) is 13.3 Å². The molecule has 1 unspecified atom stereocenters. The SMILES string of the molecule is C=C=COC(O)CC. The van der Waals surface area contributed by atoms with E-state index in [2.05, 4.69) is 17.0 Å². The van der Waals surface area contributed by atoms with E-state index < -0.39 is 6.29 Å². The lowest BCUT2D eigenvalue weighted by Crippen LogP contribution is -2.04. The van der Waals surface area contributed by atoms with Crippen LogP contribution in [0, 0.1) is 0 Å². The molecule has 0 fully saturated rings. The molecule has 2 heteroatoms. The standard InChI is InChI=1S/C6H10O2/c1-3-5-8-6(7)4-2/h5-7H,1,4H2,2H3. The summed E-state index contributed by atoms with van der Waals surface area (Å²) in [5.74, 6) is 0. The van der Waals surface area contributed by atoms with Gasteiger partial charge >= 0.3 is 0 Å². The smallest absolute Gasteiger partial charge is 0.197 e. The average molecular weight is 114 g/mol. The average Bonchev–Trinajstić information content (AvgIpc) is 1.83. The highest BCUT2D eigenvalue weighted by Crippen LogP contribution is 1.90. The minimum Gasteiger partial charge on any atom is -0.465 e. The van der Waals surface area contributed by atoms with Crippen molar-refractivity contribution in [2.75, 3.05) is 0 Å². The largest absolute Gasteiger partial charge is 0.465 e. The summed E-state index contributed by atoms with van der Waals surface area (Å²) in [7, 11) is 0. The van der Waals surface area contributed by atoms with Crippen molar-refractivity contribution < 1.29 is 9.84 Å². The van der Waals surface area contributed by atoms with Gasteiger partial charge in [0.2, 0.25) is 0 Å². The maximum atomic E-state index is 8.67. The van der Waals surface area contributed by atoms with Crippen LogP contribution in [-0.4, -0.2) is 11.4 Å². The van der Waals surface area contributed by atoms with Gasteiger partial charge in [0.25, 0.3) is 0 Å². The highest BCUT2D eigenvalue weighted by atomic mass is 16.6. The Bertz CT molecular complexity index is 92.7. The molecule has 8 heavy (non-hydrogen) atoms. The van der Waals surface area contributed by atoms with E-state index in [0.29, 0.717) is 6.42 Å². The van der Waals surface area contributed by atoms with Crippen molar-refractivity contribution in [3.63, 3.8) is 0 Å². The Kier molecular flexibility index (Phi) is 4.04. The van der Waals surface area contributed by atoms with Crippen molar-refractivity contribution in [3.8, 4) is 0 Å². The zero-order chi connectivity index (χ0) is 6.41. The van der Waals surface area contributed by atoms with Gasteiger partial charge in [-0.05, 0) is 0 Å². The quantitative estimate of drug-likeness (QED) is 0.337. The molecule has 0 aromatic heterocycles. The predicted octanol–water partition coefficient (Wildman–Crippen LogP) is 1.03. The summed E-state index contributed by atoms with van der Waals surface area (Å²) in [5, 5.41) is 8.67. The molecular formula is C6H10O2. The van der Waals surface area contributed by atoms with Crippen LogP contribution < -0.4 is 0 Å². The minimum atomic E-state index is -0.704. The first-order valence-electron chi connectivity index (χ1n) is 2.49. The molecule has 0 aromatic carbocycles. The second kappa shape index (κ2) is 4.44. The molecule has 1 atom stereocenters. The van der Waals surface area contributed by atoms with Crippen LogP contribution >= 0.6 is 0 Å². The van der Waals surface area contributed by atoms with E-state index in [1.54, 1.807) is 0 Å². The van der Waals surface area contributed by atoms with Gasteiger partial charge < -0.3 is 9.84 Å². The molecule has 0 spiro atoms. The maximum Gasteiger partial charge on any atom is 0.197 e. The topological polar surface area (TPSA) is 29.5 Å². The second-order valence-corrected chi connectivity index (χ2v) is 1.32. The van der Waals surface area contributed by atoms with Crippen molar-refractivity contribution >= 4 is 0 Å². The number of hydrogen-bond acceptors (Lipinski definition) is 2. The third-order valence-electron chi connectivity index (χ3n) is 0.658. The molecule has 0 radical (unpaired) electrons. The lowest BCUT2D eigenvalue weighted by atomic mass is 10.5. The molecule has 0 bridgehead atoms. The normalized spacial score (nSPS) is 11.8. The first-order valence-corrected chi connectivity index (χ1v) is 2.49. The summed E-state index contributed by atoms with van der Waals surface area (Å²) in [5.41, 5.74) is 2.38. The predicted molar refractivity (Wildman–Crippen MR) is 31.1 cm³/mol. The molecule has 0 saturated heterocycles. The van der Waals surface area contributed by atoms with Gasteiger partial charge in [0, 0.05) is 6.42 Å². The molecule has 0 rings (SSSR count). The molecule has 0 amide bonds. The Hall–Kier alpha value is -0.720. The fourth-order valence-electron chi connectivity index (χ4n) is 0.223. The van der Waals surface area contributed by atoms with Crippen molar-refractivity contribution in [2.24, 2.45) is 0 Å². The van der Waals surface area contributed by atoms with E-state index in [1.807, 2.05) is 6.92 Å². The van der Waals surface area contributed by atoms with Crippen LogP contribution in [0.15, 0.2) is 18.6 Å². The lowest BCUT2D eigenvalue weighted by Gasteiger charge is -2.03. The fourth-order valence-corrected chi connectivity index (χ4v) is 0.223. The Morgan fingerprint density at radius 1 is 2.00 bits per heavy atom. The van der Waals surface area contributed by atoms with Crippen LogP contribution in [0.25, 0.3) is 0 Å². The van der Waals surface area contributed by atoms with Gasteiger partial charge in [0.05, 0.1) is 0 Å². The van der Waals surface area contributed by atoms with Crippen LogP contribution in [0.3, 0.4) is 0 Å². The lowest BCUT2D eigenvalue weighted by molar-refractivity contribution is -0.0522. The van der Waals surface area contributed by atoms with Gasteiger partial charge in [0.1, 0.15) is 6.26 Å². The Morgan fingerprint density at radius 3 is 3.00 bits per heavy atom. The summed E-state index contributed by atoms with van der Waals surface area (Å²) in [6.07, 6.45) is 1.12. The van der Waals surface area contributed by atoms with Crippen molar-refractivity contribution in [1.29, 1.82) is 0 Å². The van der Waals surface area contributed by atoms with Crippen molar-refractivity contribution in [1.82, 2.24) is 0 Å². The van der Waals surface area contributed by atoms with Gasteiger partial charge in [0.15, 0.2) is 6.29 Å². The molecule has 0 saturated carbocycles. The van der Waals surface area contributed by atoms with E-state index in [4.69, 9.17) is 5.11 Å². The van der Waals surface area contributed by atoms with Crippen LogP contribution in [0.5, 0.6) is 0 Å². The van der Waals surface area contributed by atoms with E-state index >= 15 is 0 Å². The molecule has 0 aromatic rings. The number of ether oxygens (including phenoxy) is 1. The molecule has 0 heterocycles. The Morgan fingerprint density at radius 2 is 2.62 bits per heavy atom. The first kappa shape index (κ1) is 7.28. The summed E-state index contributed by atoms with van der Waals surface area (Å²) in [6, 6.07) is 0. The van der Waals surface area contributed by atoms with Gasteiger partial charge in [-0.3, -0.25) is 0 Å². The molecule has 46 valence electrons. The molecule has 0 aliphatic carbocycles. The molecule has 2 nitrogen and oxygen atoms in total. The zero-order valence-corrected chi connectivity index (χ0v) is 4.92. The summed E-state index contributed by atoms with van der Waals surface area (Å²) < 4.78 is 4.60. The van der Waals surface area contributed by atoms with Crippen molar-refractivity contribution in [2.45, 2.75) is 19.6 Å². The van der Waals surface area contributed by atoms with Crippen LogP contribution in [0.4, 0.5) is 0 Å². The van der Waals surface area contributed by atoms with E-state index in [1.165, 1.54) is 6.26 Å². The highest BCUT2D eigenvalue weighted by Gasteiger charge is 1.93. The third-order valence-corrected chi connectivity index (χ3v) is 0.658. The number of aliphatic hydroxyl groups is 1. The second-order valence-electron chi connectivity index (χ2n) is 1.32.